The topological polar surface area (TPSA) is 44.1 Å². The minimum Gasteiger partial charge on any atom is -0.370 e. The van der Waals surface area contributed by atoms with Gasteiger partial charge in [-0.05, 0) is 19.8 Å². The number of methoxy groups -OCH3 is 1. The highest BCUT2D eigenvalue weighted by atomic mass is 35.5. The van der Waals surface area contributed by atoms with Crippen molar-refractivity contribution in [3.63, 3.8) is 0 Å². The molecule has 0 fully saturated rings. The van der Waals surface area contributed by atoms with Crippen molar-refractivity contribution in [2.45, 2.75) is 45.6 Å². The summed E-state index contributed by atoms with van der Waals surface area (Å²) in [6.07, 6.45) is 1.60. The van der Waals surface area contributed by atoms with Crippen molar-refractivity contribution < 1.29 is 9.53 Å². The summed E-state index contributed by atoms with van der Waals surface area (Å²) in [5, 5.41) is 4.74. The number of carbonyl (C=O) groups excluding carboxylic acids is 1. The maximum absolute atomic E-state index is 12.4. The Kier molecular flexibility index (Phi) is 4.93. The van der Waals surface area contributed by atoms with Crippen LogP contribution in [-0.2, 0) is 23.0 Å². The SMILES string of the molecule is CCC(CC)(OC)C(=O)Cc1c(C)nn(C)c1Cl. The van der Waals surface area contributed by atoms with Gasteiger partial charge < -0.3 is 4.74 Å². The van der Waals surface area contributed by atoms with E-state index >= 15 is 0 Å². The maximum Gasteiger partial charge on any atom is 0.169 e. The molecule has 0 radical (unpaired) electrons. The van der Waals surface area contributed by atoms with Crippen LogP contribution in [0.5, 0.6) is 0 Å². The molecule has 0 aliphatic heterocycles. The fourth-order valence-corrected chi connectivity index (χ4v) is 2.48. The van der Waals surface area contributed by atoms with Crippen LogP contribution in [0.3, 0.4) is 0 Å². The summed E-state index contributed by atoms with van der Waals surface area (Å²) in [4.78, 5) is 12.4. The zero-order valence-electron chi connectivity index (χ0n) is 11.7. The molecule has 1 heterocycles. The average Bonchev–Trinajstić information content (AvgIpc) is 2.59. The van der Waals surface area contributed by atoms with Gasteiger partial charge in [0.15, 0.2) is 5.78 Å². The molecule has 102 valence electrons. The number of nitrogens with zero attached hydrogens (tertiary/aromatic N) is 2. The lowest BCUT2D eigenvalue weighted by Crippen LogP contribution is -2.40. The van der Waals surface area contributed by atoms with E-state index in [4.69, 9.17) is 16.3 Å². The number of aryl methyl sites for hydroxylation is 2. The summed E-state index contributed by atoms with van der Waals surface area (Å²) in [7, 11) is 3.36. The van der Waals surface area contributed by atoms with Gasteiger partial charge in [0.2, 0.25) is 0 Å². The summed E-state index contributed by atoms with van der Waals surface area (Å²) in [5.41, 5.74) is 0.895. The van der Waals surface area contributed by atoms with Crippen LogP contribution in [-0.4, -0.2) is 28.3 Å². The van der Waals surface area contributed by atoms with Crippen LogP contribution < -0.4 is 0 Å². The first-order valence-electron chi connectivity index (χ1n) is 6.18. The maximum atomic E-state index is 12.4. The predicted molar refractivity (Wildman–Crippen MR) is 72.0 cm³/mol. The van der Waals surface area contributed by atoms with Crippen molar-refractivity contribution in [3.8, 4) is 0 Å². The van der Waals surface area contributed by atoms with E-state index in [2.05, 4.69) is 5.10 Å². The third-order valence-corrected chi connectivity index (χ3v) is 4.12. The Labute approximate surface area is 113 Å². The quantitative estimate of drug-likeness (QED) is 0.800. The monoisotopic (exact) mass is 272 g/mol. The molecule has 1 aromatic rings. The molecular weight excluding hydrogens is 252 g/mol. The lowest BCUT2D eigenvalue weighted by atomic mass is 9.88. The average molecular weight is 273 g/mol. The normalized spacial score (nSPS) is 11.9. The Morgan fingerprint density at radius 2 is 2.00 bits per heavy atom. The molecule has 0 amide bonds. The lowest BCUT2D eigenvalue weighted by molar-refractivity contribution is -0.141. The van der Waals surface area contributed by atoms with Gasteiger partial charge in [-0.2, -0.15) is 5.10 Å². The fraction of sp³-hybridized carbons (Fsp3) is 0.692. The first-order chi connectivity index (χ1) is 8.41. The fourth-order valence-electron chi connectivity index (χ4n) is 2.24. The number of Topliss-reactive ketones (excluding diaryl/α,β-unsaturated/α-hetero) is 1. The van der Waals surface area contributed by atoms with Gasteiger partial charge in [-0.15, -0.1) is 0 Å². The van der Waals surface area contributed by atoms with E-state index in [1.165, 1.54) is 0 Å². The minimum absolute atomic E-state index is 0.0630. The number of halogens is 1. The molecular formula is C13H21ClN2O2. The zero-order chi connectivity index (χ0) is 13.9. The summed E-state index contributed by atoms with van der Waals surface area (Å²) in [6.45, 7) is 5.78. The second-order valence-electron chi connectivity index (χ2n) is 4.48. The molecule has 1 aromatic heterocycles. The number of ether oxygens (including phenoxy) is 1. The van der Waals surface area contributed by atoms with E-state index in [1.54, 1.807) is 18.8 Å². The van der Waals surface area contributed by atoms with E-state index in [0.29, 0.717) is 18.0 Å². The highest BCUT2D eigenvalue weighted by molar-refractivity contribution is 6.30. The molecule has 0 N–H and O–H groups in total. The van der Waals surface area contributed by atoms with Gasteiger partial charge >= 0.3 is 0 Å². The van der Waals surface area contributed by atoms with Crippen LogP contribution in [0.15, 0.2) is 0 Å². The third kappa shape index (κ3) is 2.59. The number of carbonyl (C=O) groups is 1. The Balaban J connectivity index is 3.00. The van der Waals surface area contributed by atoms with Crippen molar-refractivity contribution >= 4 is 17.4 Å². The number of rotatable bonds is 6. The van der Waals surface area contributed by atoms with Crippen LogP contribution in [0.25, 0.3) is 0 Å². The van der Waals surface area contributed by atoms with E-state index in [1.807, 2.05) is 20.8 Å². The van der Waals surface area contributed by atoms with Crippen molar-refractivity contribution in [2.75, 3.05) is 7.11 Å². The molecule has 4 nitrogen and oxygen atoms in total. The van der Waals surface area contributed by atoms with Crippen molar-refractivity contribution in [1.29, 1.82) is 0 Å². The number of hydrogen-bond acceptors (Lipinski definition) is 3. The summed E-state index contributed by atoms with van der Waals surface area (Å²) in [5.74, 6) is 0.0630. The van der Waals surface area contributed by atoms with Crippen molar-refractivity contribution in [2.24, 2.45) is 7.05 Å². The van der Waals surface area contributed by atoms with Crippen LogP contribution >= 0.6 is 11.6 Å². The Morgan fingerprint density at radius 3 is 2.33 bits per heavy atom. The predicted octanol–water partition coefficient (Wildman–Crippen LogP) is 2.70. The largest absolute Gasteiger partial charge is 0.370 e. The number of aromatic nitrogens is 2. The second kappa shape index (κ2) is 5.85. The van der Waals surface area contributed by atoms with E-state index < -0.39 is 5.60 Å². The molecule has 0 bridgehead atoms. The standard InChI is InChI=1S/C13H21ClN2O2/c1-6-13(7-2,18-5)11(17)8-10-9(3)15-16(4)12(10)14/h6-8H2,1-5H3. The molecule has 0 saturated carbocycles. The Morgan fingerprint density at radius 1 is 1.44 bits per heavy atom. The second-order valence-corrected chi connectivity index (χ2v) is 4.84. The molecule has 0 saturated heterocycles. The van der Waals surface area contributed by atoms with E-state index in [9.17, 15) is 4.79 Å². The summed E-state index contributed by atoms with van der Waals surface area (Å²) in [6, 6.07) is 0. The number of hydrogen-bond donors (Lipinski definition) is 0. The van der Waals surface area contributed by atoms with Crippen LogP contribution in [0, 0.1) is 6.92 Å². The Bertz CT molecular complexity index is 428. The third-order valence-electron chi connectivity index (χ3n) is 3.65. The summed E-state index contributed by atoms with van der Waals surface area (Å²) < 4.78 is 7.03. The van der Waals surface area contributed by atoms with Gasteiger partial charge in [0.1, 0.15) is 10.8 Å². The molecule has 0 aromatic carbocycles. The minimum atomic E-state index is -0.703. The van der Waals surface area contributed by atoms with Crippen LogP contribution in [0.4, 0.5) is 0 Å². The molecule has 1 rings (SSSR count). The van der Waals surface area contributed by atoms with E-state index in [-0.39, 0.29) is 12.2 Å². The number of ketones is 1. The Hall–Kier alpha value is -0.870. The van der Waals surface area contributed by atoms with Gasteiger partial charge in [-0.3, -0.25) is 9.48 Å². The first kappa shape index (κ1) is 15.2. The highest BCUT2D eigenvalue weighted by Crippen LogP contribution is 2.26. The van der Waals surface area contributed by atoms with Gasteiger partial charge in [0, 0.05) is 26.1 Å². The van der Waals surface area contributed by atoms with Crippen molar-refractivity contribution in [3.05, 3.63) is 16.4 Å². The zero-order valence-corrected chi connectivity index (χ0v) is 12.5. The molecule has 0 aliphatic carbocycles. The molecule has 0 unspecified atom stereocenters. The smallest absolute Gasteiger partial charge is 0.169 e. The van der Waals surface area contributed by atoms with Crippen LogP contribution in [0.1, 0.15) is 37.9 Å². The van der Waals surface area contributed by atoms with Crippen molar-refractivity contribution in [1.82, 2.24) is 9.78 Å². The first-order valence-corrected chi connectivity index (χ1v) is 6.56. The summed E-state index contributed by atoms with van der Waals surface area (Å²) >= 11 is 6.15. The lowest BCUT2D eigenvalue weighted by Gasteiger charge is -2.28. The van der Waals surface area contributed by atoms with E-state index in [0.717, 1.165) is 11.3 Å². The molecule has 5 heteroatoms. The highest BCUT2D eigenvalue weighted by Gasteiger charge is 2.35. The van der Waals surface area contributed by atoms with Gasteiger partial charge in [0.05, 0.1) is 5.69 Å². The molecule has 0 aliphatic rings. The van der Waals surface area contributed by atoms with Gasteiger partial charge in [-0.1, -0.05) is 25.4 Å². The molecule has 18 heavy (non-hydrogen) atoms. The van der Waals surface area contributed by atoms with Crippen LogP contribution in [0.2, 0.25) is 5.15 Å². The van der Waals surface area contributed by atoms with Gasteiger partial charge in [0.25, 0.3) is 0 Å². The van der Waals surface area contributed by atoms with Gasteiger partial charge in [-0.25, -0.2) is 0 Å². The molecule has 0 spiro atoms. The molecule has 0 atom stereocenters.